The van der Waals surface area contributed by atoms with Gasteiger partial charge in [-0.25, -0.2) is 9.78 Å². The number of nitriles is 1. The molecule has 1 N–H and O–H groups in total. The van der Waals surface area contributed by atoms with Crippen LogP contribution < -0.4 is 5.32 Å². The number of ether oxygens (including phenoxy) is 1. The minimum Gasteiger partial charge on any atom is -0.464 e. The van der Waals surface area contributed by atoms with Crippen LogP contribution in [0.1, 0.15) is 19.4 Å². The number of nitrogens with one attached hydrogen (secondary N) is 1. The first kappa shape index (κ1) is 13.8. The summed E-state index contributed by atoms with van der Waals surface area (Å²) in [5.41, 5.74) is 1.24. The lowest BCUT2D eigenvalue weighted by atomic mass is 10.1. The van der Waals surface area contributed by atoms with E-state index in [2.05, 4.69) is 16.4 Å². The summed E-state index contributed by atoms with van der Waals surface area (Å²) in [5.74, 6) is 0.141. The van der Waals surface area contributed by atoms with Crippen LogP contribution in [0.15, 0.2) is 30.3 Å². The molecule has 2 aromatic rings. The molecule has 0 saturated carbocycles. The Morgan fingerprint density at radius 3 is 2.95 bits per heavy atom. The molecule has 1 atom stereocenters. The van der Waals surface area contributed by atoms with Crippen molar-refractivity contribution in [3.05, 3.63) is 35.9 Å². The third kappa shape index (κ3) is 2.86. The van der Waals surface area contributed by atoms with Crippen LogP contribution in [-0.2, 0) is 9.53 Å². The molecule has 102 valence electrons. The summed E-state index contributed by atoms with van der Waals surface area (Å²) in [6.45, 7) is 3.78. The summed E-state index contributed by atoms with van der Waals surface area (Å²) < 4.78 is 4.93. The van der Waals surface area contributed by atoms with Gasteiger partial charge in [0.2, 0.25) is 0 Å². The van der Waals surface area contributed by atoms with Gasteiger partial charge in [-0.1, -0.05) is 18.2 Å². The number of hydrogen-bond acceptors (Lipinski definition) is 5. The van der Waals surface area contributed by atoms with Crippen molar-refractivity contribution in [2.45, 2.75) is 19.9 Å². The van der Waals surface area contributed by atoms with Crippen LogP contribution in [0.4, 0.5) is 5.82 Å². The summed E-state index contributed by atoms with van der Waals surface area (Å²) in [7, 11) is 0. The lowest BCUT2D eigenvalue weighted by Crippen LogP contribution is -2.28. The zero-order chi connectivity index (χ0) is 14.5. The second kappa shape index (κ2) is 6.02. The third-order valence-electron chi connectivity index (χ3n) is 2.84. The molecule has 20 heavy (non-hydrogen) atoms. The third-order valence-corrected chi connectivity index (χ3v) is 2.84. The summed E-state index contributed by atoms with van der Waals surface area (Å²) in [6, 6.07) is 10.7. The van der Waals surface area contributed by atoms with Crippen molar-refractivity contribution in [2.75, 3.05) is 11.9 Å². The Kier molecular flexibility index (Phi) is 4.16. The van der Waals surface area contributed by atoms with E-state index in [1.807, 2.05) is 24.3 Å². The zero-order valence-electron chi connectivity index (χ0n) is 11.4. The van der Waals surface area contributed by atoms with Gasteiger partial charge in [0.1, 0.15) is 11.9 Å². The van der Waals surface area contributed by atoms with Crippen LogP contribution in [-0.4, -0.2) is 23.6 Å². The number of fused-ring (bicyclic) bond motifs is 1. The Hall–Kier alpha value is -2.61. The number of benzene rings is 1. The predicted molar refractivity (Wildman–Crippen MR) is 76.2 cm³/mol. The number of pyridine rings is 1. The second-order valence-corrected chi connectivity index (χ2v) is 4.30. The molecule has 0 spiro atoms. The number of nitrogens with zero attached hydrogens (tertiary/aromatic N) is 2. The van der Waals surface area contributed by atoms with Gasteiger partial charge in [0, 0.05) is 5.39 Å². The Labute approximate surface area is 117 Å². The van der Waals surface area contributed by atoms with Gasteiger partial charge in [0.15, 0.2) is 0 Å². The summed E-state index contributed by atoms with van der Waals surface area (Å²) >= 11 is 0. The second-order valence-electron chi connectivity index (χ2n) is 4.30. The van der Waals surface area contributed by atoms with E-state index in [4.69, 9.17) is 4.74 Å². The van der Waals surface area contributed by atoms with Crippen LogP contribution in [0.3, 0.4) is 0 Å². The molecule has 0 radical (unpaired) electrons. The highest BCUT2D eigenvalue weighted by Gasteiger charge is 2.15. The molecule has 1 aromatic heterocycles. The Morgan fingerprint density at radius 1 is 1.50 bits per heavy atom. The van der Waals surface area contributed by atoms with Crippen LogP contribution in [0.25, 0.3) is 10.9 Å². The molecule has 0 amide bonds. The number of carbonyl (C=O) groups excluding carboxylic acids is 1. The molecule has 5 heteroatoms. The topological polar surface area (TPSA) is 75.0 Å². The zero-order valence-corrected chi connectivity index (χ0v) is 11.4. The Bertz CT molecular complexity index is 676. The minimum atomic E-state index is -0.518. The average molecular weight is 269 g/mol. The molecular weight excluding hydrogens is 254 g/mol. The lowest BCUT2D eigenvalue weighted by Gasteiger charge is -2.14. The summed E-state index contributed by atoms with van der Waals surface area (Å²) in [4.78, 5) is 16.0. The van der Waals surface area contributed by atoms with Crippen molar-refractivity contribution in [2.24, 2.45) is 0 Å². The number of esters is 1. The highest BCUT2D eigenvalue weighted by molar-refractivity contribution is 5.87. The fraction of sp³-hybridized carbons (Fsp3) is 0.267. The molecule has 1 aromatic carbocycles. The van der Waals surface area contributed by atoms with Crippen molar-refractivity contribution in [3.63, 3.8) is 0 Å². The first-order valence-corrected chi connectivity index (χ1v) is 6.38. The number of rotatable bonds is 4. The van der Waals surface area contributed by atoms with Crippen molar-refractivity contribution in [3.8, 4) is 6.07 Å². The van der Waals surface area contributed by atoms with Crippen molar-refractivity contribution in [1.29, 1.82) is 5.26 Å². The van der Waals surface area contributed by atoms with Crippen LogP contribution in [0.5, 0.6) is 0 Å². The average Bonchev–Trinajstić information content (AvgIpc) is 2.46. The Morgan fingerprint density at radius 2 is 2.25 bits per heavy atom. The van der Waals surface area contributed by atoms with E-state index >= 15 is 0 Å². The first-order valence-electron chi connectivity index (χ1n) is 6.38. The molecule has 0 aliphatic rings. The normalized spacial score (nSPS) is 11.7. The maximum Gasteiger partial charge on any atom is 0.328 e. The van der Waals surface area contributed by atoms with Crippen molar-refractivity contribution < 1.29 is 9.53 Å². The van der Waals surface area contributed by atoms with E-state index in [1.165, 1.54) is 0 Å². The SMILES string of the molecule is CCOC(=O)C(C)Nc1cc(C#N)c2ccccc2n1. The van der Waals surface area contributed by atoms with Gasteiger partial charge in [-0.2, -0.15) is 5.26 Å². The molecule has 1 unspecified atom stereocenters. The van der Waals surface area contributed by atoms with Crippen LogP contribution >= 0.6 is 0 Å². The van der Waals surface area contributed by atoms with E-state index in [-0.39, 0.29) is 5.97 Å². The highest BCUT2D eigenvalue weighted by atomic mass is 16.5. The maximum absolute atomic E-state index is 11.6. The molecule has 0 aliphatic carbocycles. The number of carbonyl (C=O) groups is 1. The molecule has 0 saturated heterocycles. The van der Waals surface area contributed by atoms with Crippen LogP contribution in [0.2, 0.25) is 0 Å². The van der Waals surface area contributed by atoms with Gasteiger partial charge in [0.25, 0.3) is 0 Å². The van der Waals surface area contributed by atoms with Gasteiger partial charge in [0.05, 0.1) is 23.8 Å². The van der Waals surface area contributed by atoms with Gasteiger partial charge in [-0.15, -0.1) is 0 Å². The maximum atomic E-state index is 11.6. The van der Waals surface area contributed by atoms with E-state index in [9.17, 15) is 10.1 Å². The first-order chi connectivity index (χ1) is 9.65. The van der Waals surface area contributed by atoms with Crippen molar-refractivity contribution >= 4 is 22.7 Å². The number of aromatic nitrogens is 1. The fourth-order valence-corrected chi connectivity index (χ4v) is 1.89. The summed E-state index contributed by atoms with van der Waals surface area (Å²) in [6.07, 6.45) is 0. The Balaban J connectivity index is 2.32. The lowest BCUT2D eigenvalue weighted by molar-refractivity contribution is -0.143. The minimum absolute atomic E-state index is 0.333. The number of hydrogen-bond donors (Lipinski definition) is 1. The van der Waals surface area contributed by atoms with E-state index in [0.29, 0.717) is 23.5 Å². The molecule has 5 nitrogen and oxygen atoms in total. The predicted octanol–water partition coefficient (Wildman–Crippen LogP) is 2.47. The van der Waals surface area contributed by atoms with Gasteiger partial charge in [-0.05, 0) is 26.0 Å². The molecule has 0 aliphatic heterocycles. The van der Waals surface area contributed by atoms with E-state index in [0.717, 1.165) is 5.39 Å². The molecule has 2 rings (SSSR count). The van der Waals surface area contributed by atoms with Crippen molar-refractivity contribution in [1.82, 2.24) is 4.98 Å². The van der Waals surface area contributed by atoms with E-state index in [1.54, 1.807) is 19.9 Å². The summed E-state index contributed by atoms with van der Waals surface area (Å²) in [5, 5.41) is 12.9. The smallest absolute Gasteiger partial charge is 0.328 e. The molecular formula is C15H15N3O2. The van der Waals surface area contributed by atoms with Gasteiger partial charge in [-0.3, -0.25) is 0 Å². The number of para-hydroxylation sites is 1. The van der Waals surface area contributed by atoms with Gasteiger partial charge >= 0.3 is 5.97 Å². The van der Waals surface area contributed by atoms with E-state index < -0.39 is 6.04 Å². The molecule has 1 heterocycles. The van der Waals surface area contributed by atoms with Crippen LogP contribution in [0, 0.1) is 11.3 Å². The van der Waals surface area contributed by atoms with Gasteiger partial charge < -0.3 is 10.1 Å². The highest BCUT2D eigenvalue weighted by Crippen LogP contribution is 2.20. The quantitative estimate of drug-likeness (QED) is 0.863. The molecule has 0 fully saturated rings. The fourth-order valence-electron chi connectivity index (χ4n) is 1.89. The molecule has 0 bridgehead atoms. The largest absolute Gasteiger partial charge is 0.464 e. The standard InChI is InChI=1S/C15H15N3O2/c1-3-20-15(19)10(2)17-14-8-11(9-16)12-6-4-5-7-13(12)18-14/h4-8,10H,3H2,1-2H3,(H,17,18). The monoisotopic (exact) mass is 269 g/mol. The number of anilines is 1.